The predicted molar refractivity (Wildman–Crippen MR) is 80.1 cm³/mol. The Morgan fingerprint density at radius 3 is 2.55 bits per heavy atom. The van der Waals surface area contributed by atoms with Crippen LogP contribution in [-0.4, -0.2) is 31.3 Å². The Morgan fingerprint density at radius 2 is 2.05 bits per heavy atom. The third-order valence-corrected chi connectivity index (χ3v) is 3.05. The highest BCUT2D eigenvalue weighted by atomic mass is 16.5. The van der Waals surface area contributed by atoms with Crippen molar-refractivity contribution in [1.82, 2.24) is 5.32 Å². The van der Waals surface area contributed by atoms with E-state index < -0.39 is 0 Å². The first kappa shape index (κ1) is 16.5. The predicted octanol–water partition coefficient (Wildman–Crippen LogP) is 2.25. The van der Waals surface area contributed by atoms with Crippen LogP contribution in [0.2, 0.25) is 0 Å². The number of rotatable bonds is 2. The summed E-state index contributed by atoms with van der Waals surface area (Å²) in [5.41, 5.74) is 2.63. The van der Waals surface area contributed by atoms with Gasteiger partial charge < -0.3 is 15.2 Å². The lowest BCUT2D eigenvalue weighted by atomic mass is 10.0. The van der Waals surface area contributed by atoms with Crippen LogP contribution in [0.4, 0.5) is 0 Å². The molecule has 1 amide bonds. The number of amides is 1. The average Bonchev–Trinajstić information content (AvgIpc) is 2.99. The minimum absolute atomic E-state index is 0.105. The molecule has 1 saturated carbocycles. The SMILES string of the molecule is CCC.CNC=O.OC1CC1c1cccc2c1CCO2. The molecule has 2 N–H and O–H groups in total. The number of aliphatic hydroxyl groups is 1. The maximum absolute atomic E-state index is 9.37. The molecule has 0 radical (unpaired) electrons. The highest BCUT2D eigenvalue weighted by Crippen LogP contribution is 2.45. The Balaban J connectivity index is 0.000000245. The smallest absolute Gasteiger partial charge is 0.206 e. The molecule has 4 heteroatoms. The molecule has 2 unspecified atom stereocenters. The second-order valence-corrected chi connectivity index (χ2v) is 4.95. The van der Waals surface area contributed by atoms with E-state index in [4.69, 9.17) is 9.53 Å². The fourth-order valence-corrected chi connectivity index (χ4v) is 2.11. The van der Waals surface area contributed by atoms with Gasteiger partial charge in [0.25, 0.3) is 0 Å². The number of hydrogen-bond donors (Lipinski definition) is 2. The fraction of sp³-hybridized carbons (Fsp3) is 0.562. The Hall–Kier alpha value is -1.55. The van der Waals surface area contributed by atoms with Crippen molar-refractivity contribution in [2.75, 3.05) is 13.7 Å². The lowest BCUT2D eigenvalue weighted by molar-refractivity contribution is -0.109. The second kappa shape index (κ2) is 8.59. The quantitative estimate of drug-likeness (QED) is 0.816. The van der Waals surface area contributed by atoms with Gasteiger partial charge in [0.1, 0.15) is 5.75 Å². The normalized spacial score (nSPS) is 21.2. The van der Waals surface area contributed by atoms with Crippen molar-refractivity contribution >= 4 is 6.41 Å². The molecule has 1 aliphatic carbocycles. The summed E-state index contributed by atoms with van der Waals surface area (Å²) in [4.78, 5) is 9.06. The van der Waals surface area contributed by atoms with Crippen molar-refractivity contribution in [3.8, 4) is 5.75 Å². The molecule has 1 heterocycles. The topological polar surface area (TPSA) is 58.6 Å². The van der Waals surface area contributed by atoms with Gasteiger partial charge in [-0.3, -0.25) is 4.79 Å². The highest BCUT2D eigenvalue weighted by Gasteiger charge is 2.38. The Bertz CT molecular complexity index is 420. The number of fused-ring (bicyclic) bond motifs is 1. The minimum Gasteiger partial charge on any atom is -0.493 e. The molecule has 0 spiro atoms. The number of carbonyl (C=O) groups is 1. The third kappa shape index (κ3) is 4.53. The second-order valence-electron chi connectivity index (χ2n) is 4.95. The van der Waals surface area contributed by atoms with Crippen LogP contribution in [0.1, 0.15) is 43.7 Å². The molecule has 1 aliphatic heterocycles. The van der Waals surface area contributed by atoms with Crippen LogP contribution in [0.5, 0.6) is 5.75 Å². The van der Waals surface area contributed by atoms with E-state index in [0.29, 0.717) is 12.3 Å². The highest BCUT2D eigenvalue weighted by molar-refractivity contribution is 5.46. The summed E-state index contributed by atoms with van der Waals surface area (Å²) < 4.78 is 5.47. The Kier molecular flexibility index (Phi) is 7.09. The van der Waals surface area contributed by atoms with Gasteiger partial charge in [0.15, 0.2) is 0 Å². The molecule has 2 atom stereocenters. The molecule has 1 fully saturated rings. The lowest BCUT2D eigenvalue weighted by Crippen LogP contribution is -1.98. The monoisotopic (exact) mass is 279 g/mol. The molecule has 0 bridgehead atoms. The minimum atomic E-state index is -0.105. The van der Waals surface area contributed by atoms with Crippen molar-refractivity contribution < 1.29 is 14.6 Å². The Morgan fingerprint density at radius 1 is 1.45 bits per heavy atom. The molecule has 2 aliphatic rings. The lowest BCUT2D eigenvalue weighted by Gasteiger charge is -2.04. The van der Waals surface area contributed by atoms with Crippen LogP contribution in [0, 0.1) is 0 Å². The third-order valence-electron chi connectivity index (χ3n) is 3.05. The van der Waals surface area contributed by atoms with Crippen molar-refractivity contribution in [2.45, 2.75) is 45.1 Å². The summed E-state index contributed by atoms with van der Waals surface area (Å²) in [5.74, 6) is 1.41. The summed E-state index contributed by atoms with van der Waals surface area (Å²) >= 11 is 0. The van der Waals surface area contributed by atoms with Gasteiger partial charge in [-0.25, -0.2) is 0 Å². The van der Waals surface area contributed by atoms with Crippen molar-refractivity contribution in [2.24, 2.45) is 0 Å². The number of carbonyl (C=O) groups excluding carboxylic acids is 1. The molecule has 0 saturated heterocycles. The average molecular weight is 279 g/mol. The summed E-state index contributed by atoms with van der Waals surface area (Å²) in [7, 11) is 1.56. The van der Waals surface area contributed by atoms with Crippen LogP contribution in [0.3, 0.4) is 0 Å². The zero-order valence-electron chi connectivity index (χ0n) is 12.6. The molecule has 1 aromatic rings. The van der Waals surface area contributed by atoms with E-state index in [1.165, 1.54) is 17.5 Å². The van der Waals surface area contributed by atoms with Gasteiger partial charge in [-0.1, -0.05) is 32.4 Å². The fourth-order valence-electron chi connectivity index (χ4n) is 2.11. The van der Waals surface area contributed by atoms with E-state index in [0.717, 1.165) is 25.2 Å². The van der Waals surface area contributed by atoms with Crippen LogP contribution < -0.4 is 10.1 Å². The zero-order valence-corrected chi connectivity index (χ0v) is 12.6. The largest absolute Gasteiger partial charge is 0.493 e. The van der Waals surface area contributed by atoms with Gasteiger partial charge in [0.05, 0.1) is 12.7 Å². The maximum Gasteiger partial charge on any atom is 0.206 e. The summed E-state index contributed by atoms with van der Waals surface area (Å²) in [6.45, 7) is 5.05. The van der Waals surface area contributed by atoms with Crippen LogP contribution in [0.25, 0.3) is 0 Å². The number of ether oxygens (including phenoxy) is 1. The van der Waals surface area contributed by atoms with Crippen molar-refractivity contribution in [3.63, 3.8) is 0 Å². The Labute approximate surface area is 121 Å². The van der Waals surface area contributed by atoms with Gasteiger partial charge in [-0.05, 0) is 18.1 Å². The number of benzene rings is 1. The first-order valence-electron chi connectivity index (χ1n) is 7.23. The van der Waals surface area contributed by atoms with Gasteiger partial charge in [0.2, 0.25) is 6.41 Å². The van der Waals surface area contributed by atoms with E-state index in [2.05, 4.69) is 25.2 Å². The van der Waals surface area contributed by atoms with Crippen LogP contribution in [-0.2, 0) is 11.2 Å². The summed E-state index contributed by atoms with van der Waals surface area (Å²) in [5, 5.41) is 11.6. The van der Waals surface area contributed by atoms with Crippen molar-refractivity contribution in [1.29, 1.82) is 0 Å². The molecule has 1 aromatic carbocycles. The number of hydrogen-bond acceptors (Lipinski definition) is 3. The van der Waals surface area contributed by atoms with E-state index in [1.54, 1.807) is 7.05 Å². The van der Waals surface area contributed by atoms with E-state index in [9.17, 15) is 5.11 Å². The standard InChI is InChI=1S/C11H12O2.C3H8.C2H5NO/c12-10-6-9(10)7-2-1-3-11-8(7)4-5-13-11;1-3-2;1-3-2-4/h1-3,9-10,12H,4-6H2;3H2,1-2H3;2H,1H3,(H,3,4). The summed E-state index contributed by atoms with van der Waals surface area (Å²) in [6.07, 6.45) is 3.71. The molecule has 112 valence electrons. The van der Waals surface area contributed by atoms with Gasteiger partial charge >= 0.3 is 0 Å². The van der Waals surface area contributed by atoms with Crippen LogP contribution in [0.15, 0.2) is 18.2 Å². The molecule has 0 aromatic heterocycles. The molecular formula is C16H25NO3. The number of aliphatic hydroxyl groups excluding tert-OH is 1. The van der Waals surface area contributed by atoms with Gasteiger partial charge in [-0.15, -0.1) is 0 Å². The summed E-state index contributed by atoms with van der Waals surface area (Å²) in [6, 6.07) is 6.15. The van der Waals surface area contributed by atoms with Gasteiger partial charge in [0, 0.05) is 24.9 Å². The first-order chi connectivity index (χ1) is 9.69. The van der Waals surface area contributed by atoms with Gasteiger partial charge in [-0.2, -0.15) is 0 Å². The molecule has 3 rings (SSSR count). The molecular weight excluding hydrogens is 254 g/mol. The maximum atomic E-state index is 9.37. The van der Waals surface area contributed by atoms with Crippen molar-refractivity contribution in [3.05, 3.63) is 29.3 Å². The van der Waals surface area contributed by atoms with Crippen LogP contribution >= 0.6 is 0 Å². The van der Waals surface area contributed by atoms with E-state index in [1.807, 2.05) is 12.1 Å². The van der Waals surface area contributed by atoms with E-state index in [-0.39, 0.29) is 6.10 Å². The molecule has 4 nitrogen and oxygen atoms in total. The molecule has 20 heavy (non-hydrogen) atoms. The zero-order chi connectivity index (χ0) is 15.0. The van der Waals surface area contributed by atoms with E-state index >= 15 is 0 Å². The first-order valence-corrected chi connectivity index (χ1v) is 7.23. The number of nitrogens with one attached hydrogen (secondary N) is 1.